The van der Waals surface area contributed by atoms with E-state index in [-0.39, 0.29) is 24.6 Å². The van der Waals surface area contributed by atoms with Crippen LogP contribution in [-0.4, -0.2) is 92.6 Å². The summed E-state index contributed by atoms with van der Waals surface area (Å²) in [6.07, 6.45) is 1.12. The van der Waals surface area contributed by atoms with E-state index in [2.05, 4.69) is 25.7 Å². The van der Waals surface area contributed by atoms with Gasteiger partial charge in [-0.2, -0.15) is 14.8 Å². The van der Waals surface area contributed by atoms with Crippen molar-refractivity contribution in [2.45, 2.75) is 68.7 Å². The quantitative estimate of drug-likeness (QED) is 0.170. The van der Waals surface area contributed by atoms with E-state index in [0.29, 0.717) is 35.9 Å². The molecule has 2 fully saturated rings. The van der Waals surface area contributed by atoms with Gasteiger partial charge in [0.05, 0.1) is 13.4 Å². The Morgan fingerprint density at radius 2 is 1.88 bits per heavy atom. The minimum absolute atomic E-state index is 0.144. The summed E-state index contributed by atoms with van der Waals surface area (Å²) in [5, 5.41) is 47.5. The van der Waals surface area contributed by atoms with Gasteiger partial charge >= 0.3 is 0 Å². The van der Waals surface area contributed by atoms with Gasteiger partial charge in [0.25, 0.3) is 0 Å². The van der Waals surface area contributed by atoms with Crippen LogP contribution in [0.15, 0.2) is 36.7 Å². The van der Waals surface area contributed by atoms with Gasteiger partial charge in [0.2, 0.25) is 11.8 Å². The molecule has 0 bridgehead atoms. The van der Waals surface area contributed by atoms with Crippen LogP contribution in [0.25, 0.3) is 11.2 Å². The summed E-state index contributed by atoms with van der Waals surface area (Å²) in [5.74, 6) is 0.974. The largest absolute Gasteiger partial charge is 0.387 e. The first kappa shape index (κ1) is 27.4. The molecule has 1 saturated heterocycles. The number of hydrogen-bond donors (Lipinski definition) is 5. The van der Waals surface area contributed by atoms with Gasteiger partial charge in [0, 0.05) is 18.6 Å². The van der Waals surface area contributed by atoms with Gasteiger partial charge in [0.15, 0.2) is 29.3 Å². The number of nitrogens with zero attached hydrogens (tertiary/aromatic N) is 9. The van der Waals surface area contributed by atoms with Crippen LogP contribution in [-0.2, 0) is 18.2 Å². The summed E-state index contributed by atoms with van der Waals surface area (Å²) in [7, 11) is 1.60. The zero-order valence-corrected chi connectivity index (χ0v) is 22.7. The predicted octanol–water partition coefficient (Wildman–Crippen LogP) is 0.0224. The Morgan fingerprint density at radius 1 is 1.10 bits per heavy atom. The van der Waals surface area contributed by atoms with E-state index in [0.717, 1.165) is 31.2 Å². The van der Waals surface area contributed by atoms with Crippen LogP contribution in [0.2, 0.25) is 0 Å². The number of nitrogens with two attached hydrogens (primary N) is 1. The molecule has 1 saturated carbocycles. The lowest BCUT2D eigenvalue weighted by Crippen LogP contribution is -2.34. The number of nitrogens with one attached hydrogen (secondary N) is 1. The van der Waals surface area contributed by atoms with Crippen LogP contribution in [0.3, 0.4) is 0 Å². The average Bonchev–Trinajstić information content (AvgIpc) is 3.68. The molecule has 1 aliphatic heterocycles. The van der Waals surface area contributed by atoms with E-state index in [9.17, 15) is 15.3 Å². The van der Waals surface area contributed by atoms with Crippen molar-refractivity contribution >= 4 is 22.9 Å². The maximum atomic E-state index is 11.0. The fraction of sp³-hybridized carbons (Fsp3) is 0.538. The summed E-state index contributed by atoms with van der Waals surface area (Å²) in [4.78, 5) is 17.1. The third-order valence-electron chi connectivity index (χ3n) is 7.78. The molecular formula is C26H35N11O4. The molecule has 1 aliphatic carbocycles. The molecule has 218 valence electrons. The van der Waals surface area contributed by atoms with Crippen molar-refractivity contribution < 1.29 is 20.1 Å². The molecule has 1 aromatic carbocycles. The first-order valence-electron chi connectivity index (χ1n) is 13.8. The minimum Gasteiger partial charge on any atom is -0.387 e. The Labute approximate surface area is 236 Å². The second kappa shape index (κ2) is 11.6. The topological polar surface area (TPSA) is 198 Å². The number of aromatic nitrogens is 8. The number of tetrazole rings is 1. The molecule has 15 nitrogen and oxygen atoms in total. The van der Waals surface area contributed by atoms with Crippen molar-refractivity contribution in [3.05, 3.63) is 48.0 Å². The summed E-state index contributed by atoms with van der Waals surface area (Å²) in [6.45, 7) is 0.199. The van der Waals surface area contributed by atoms with Gasteiger partial charge < -0.3 is 36.0 Å². The molecule has 6 rings (SSSR count). The van der Waals surface area contributed by atoms with E-state index in [1.54, 1.807) is 16.5 Å². The lowest BCUT2D eigenvalue weighted by Gasteiger charge is -2.27. The Kier molecular flexibility index (Phi) is 7.77. The standard InChI is InChI=1S/C26H35N11O4/c1-35-33-22(32-34-35)21-19(39)20(40)25(41-21)37-13-28-18-23(36(14-38)12-11-15-5-3-2-4-6-15)30-26(31-24(18)37)29-17-9-7-16(27)8-10-17/h2-6,13,16-17,19-21,25,38-40H,7-12,14,27H2,1H3,(H,29,30,31)/t16?,17?,19-,20+,21-,25+/m0/s1. The predicted molar refractivity (Wildman–Crippen MR) is 147 cm³/mol. The van der Waals surface area contributed by atoms with E-state index in [1.165, 1.54) is 11.1 Å². The highest BCUT2D eigenvalue weighted by Gasteiger charge is 2.47. The lowest BCUT2D eigenvalue weighted by atomic mass is 9.92. The van der Waals surface area contributed by atoms with Crippen LogP contribution < -0.4 is 16.0 Å². The van der Waals surface area contributed by atoms with Gasteiger partial charge in [-0.3, -0.25) is 4.57 Å². The number of aliphatic hydroxyl groups is 3. The summed E-state index contributed by atoms with van der Waals surface area (Å²) < 4.78 is 7.63. The fourth-order valence-corrected chi connectivity index (χ4v) is 5.49. The third-order valence-corrected chi connectivity index (χ3v) is 7.78. The summed E-state index contributed by atoms with van der Waals surface area (Å²) in [6, 6.07) is 10.3. The number of aryl methyl sites for hydroxylation is 1. The highest BCUT2D eigenvalue weighted by atomic mass is 16.6. The van der Waals surface area contributed by atoms with Crippen molar-refractivity contribution in [1.82, 2.24) is 39.7 Å². The molecule has 3 aromatic heterocycles. The first-order valence-corrected chi connectivity index (χ1v) is 13.8. The maximum Gasteiger partial charge on any atom is 0.227 e. The smallest absolute Gasteiger partial charge is 0.227 e. The van der Waals surface area contributed by atoms with E-state index < -0.39 is 24.5 Å². The number of anilines is 2. The number of rotatable bonds is 9. The molecule has 2 aliphatic rings. The third kappa shape index (κ3) is 5.58. The zero-order chi connectivity index (χ0) is 28.5. The molecule has 0 unspecified atom stereocenters. The Bertz CT molecular complexity index is 1460. The maximum absolute atomic E-state index is 11.0. The SMILES string of the molecule is Cn1nnc([C@H]2O[C@@H](n3cnc4c(N(CO)CCc5ccccc5)nc(NC5CCC(N)CC5)nc43)[C@H](O)[C@@H]2O)n1. The number of aliphatic hydroxyl groups excluding tert-OH is 3. The number of ether oxygens (including phenoxy) is 1. The Morgan fingerprint density at radius 3 is 2.59 bits per heavy atom. The van der Waals surface area contributed by atoms with Gasteiger partial charge in [-0.05, 0) is 42.9 Å². The normalized spacial score (nSPS) is 26.5. The first-order chi connectivity index (χ1) is 19.9. The summed E-state index contributed by atoms with van der Waals surface area (Å²) >= 11 is 0. The van der Waals surface area contributed by atoms with Crippen LogP contribution in [0.4, 0.5) is 11.8 Å². The monoisotopic (exact) mass is 565 g/mol. The average molecular weight is 566 g/mol. The van der Waals surface area contributed by atoms with Crippen molar-refractivity contribution in [3.8, 4) is 0 Å². The molecule has 15 heteroatoms. The van der Waals surface area contributed by atoms with Crippen molar-refractivity contribution in [2.24, 2.45) is 12.8 Å². The molecular weight excluding hydrogens is 530 g/mol. The molecule has 0 spiro atoms. The molecule has 0 amide bonds. The van der Waals surface area contributed by atoms with Crippen LogP contribution >= 0.6 is 0 Å². The highest BCUT2D eigenvalue weighted by molar-refractivity contribution is 5.85. The van der Waals surface area contributed by atoms with Crippen LogP contribution in [0, 0.1) is 0 Å². The van der Waals surface area contributed by atoms with E-state index in [4.69, 9.17) is 20.4 Å². The lowest BCUT2D eigenvalue weighted by molar-refractivity contribution is -0.0384. The second-order valence-corrected chi connectivity index (χ2v) is 10.7. The van der Waals surface area contributed by atoms with Gasteiger partial charge in [-0.1, -0.05) is 30.3 Å². The van der Waals surface area contributed by atoms with Crippen molar-refractivity contribution in [3.63, 3.8) is 0 Å². The molecule has 4 aromatic rings. The second-order valence-electron chi connectivity index (χ2n) is 10.7. The van der Waals surface area contributed by atoms with Crippen molar-refractivity contribution in [2.75, 3.05) is 23.5 Å². The molecule has 4 heterocycles. The number of benzene rings is 1. The molecule has 6 N–H and O–H groups in total. The van der Waals surface area contributed by atoms with E-state index >= 15 is 0 Å². The highest BCUT2D eigenvalue weighted by Crippen LogP contribution is 2.39. The molecule has 4 atom stereocenters. The number of fused-ring (bicyclic) bond motifs is 1. The zero-order valence-electron chi connectivity index (χ0n) is 22.7. The number of imidazole rings is 1. The fourth-order valence-electron chi connectivity index (χ4n) is 5.49. The van der Waals surface area contributed by atoms with Gasteiger partial charge in [-0.25, -0.2) is 4.98 Å². The summed E-state index contributed by atoms with van der Waals surface area (Å²) in [5.41, 5.74) is 8.04. The van der Waals surface area contributed by atoms with Crippen LogP contribution in [0.5, 0.6) is 0 Å². The minimum atomic E-state index is -1.32. The van der Waals surface area contributed by atoms with E-state index in [1.807, 2.05) is 30.3 Å². The van der Waals surface area contributed by atoms with Crippen LogP contribution in [0.1, 0.15) is 49.4 Å². The molecule has 0 radical (unpaired) electrons. The number of hydrogen-bond acceptors (Lipinski definition) is 13. The Hall–Kier alpha value is -3.76. The van der Waals surface area contributed by atoms with Gasteiger partial charge in [0.1, 0.15) is 18.9 Å². The molecule has 41 heavy (non-hydrogen) atoms. The van der Waals surface area contributed by atoms with Crippen molar-refractivity contribution in [1.29, 1.82) is 0 Å². The van der Waals surface area contributed by atoms with Gasteiger partial charge in [-0.15, -0.1) is 10.2 Å². The Balaban J connectivity index is 1.35.